The first kappa shape index (κ1) is 22.9. The van der Waals surface area contributed by atoms with Crippen molar-refractivity contribution in [2.75, 3.05) is 12.4 Å². The van der Waals surface area contributed by atoms with Gasteiger partial charge in [-0.05, 0) is 31.9 Å². The lowest BCUT2D eigenvalue weighted by molar-refractivity contribution is -0.133. The van der Waals surface area contributed by atoms with E-state index in [9.17, 15) is 23.2 Å². The highest BCUT2D eigenvalue weighted by molar-refractivity contribution is 6.05. The Labute approximate surface area is 190 Å². The number of likely N-dealkylation sites (N-methyl/N-ethyl adjacent to an activating group) is 1. The van der Waals surface area contributed by atoms with Gasteiger partial charge in [0.15, 0.2) is 5.69 Å². The molecular weight excluding hydrogens is 432 g/mol. The zero-order valence-corrected chi connectivity index (χ0v) is 18.7. The smallest absolute Gasteiger partial charge is 0.276 e. The summed E-state index contributed by atoms with van der Waals surface area (Å²) in [5.41, 5.74) is -1.34. The molecule has 176 valence electrons. The van der Waals surface area contributed by atoms with Gasteiger partial charge >= 0.3 is 0 Å². The van der Waals surface area contributed by atoms with E-state index in [1.165, 1.54) is 15.6 Å². The predicted octanol–water partition coefficient (Wildman–Crippen LogP) is 3.10. The summed E-state index contributed by atoms with van der Waals surface area (Å²) in [6.07, 6.45) is 6.27. The van der Waals surface area contributed by atoms with E-state index in [-0.39, 0.29) is 35.6 Å². The first-order valence-corrected chi connectivity index (χ1v) is 11.1. The number of nitrogens with one attached hydrogen (secondary N) is 2. The van der Waals surface area contributed by atoms with Crippen molar-refractivity contribution in [3.8, 4) is 0 Å². The third kappa shape index (κ3) is 4.46. The van der Waals surface area contributed by atoms with Crippen LogP contribution in [0.25, 0.3) is 0 Å². The molecular formula is C23H27F2N5O3. The van der Waals surface area contributed by atoms with Gasteiger partial charge in [0, 0.05) is 25.2 Å². The highest BCUT2D eigenvalue weighted by Gasteiger charge is 2.46. The van der Waals surface area contributed by atoms with Gasteiger partial charge in [0.2, 0.25) is 5.91 Å². The quantitative estimate of drug-likeness (QED) is 0.687. The van der Waals surface area contributed by atoms with E-state index in [1.54, 1.807) is 14.0 Å². The Kier molecular flexibility index (Phi) is 6.18. The number of fused-ring (bicyclic) bond motifs is 1. The number of rotatable bonds is 4. The fourth-order valence-electron chi connectivity index (χ4n) is 4.38. The molecule has 2 N–H and O–H groups in total. The Balaban J connectivity index is 1.53. The van der Waals surface area contributed by atoms with Crippen molar-refractivity contribution in [1.82, 2.24) is 20.0 Å². The summed E-state index contributed by atoms with van der Waals surface area (Å²) in [5, 5.41) is 9.63. The summed E-state index contributed by atoms with van der Waals surface area (Å²) in [6, 6.07) is 4.16. The van der Waals surface area contributed by atoms with Gasteiger partial charge in [-0.25, -0.2) is 8.78 Å². The molecule has 3 amide bonds. The van der Waals surface area contributed by atoms with Crippen molar-refractivity contribution in [3.63, 3.8) is 0 Å². The summed E-state index contributed by atoms with van der Waals surface area (Å²) in [6.45, 7) is 1.75. The number of halogens is 2. The van der Waals surface area contributed by atoms with Gasteiger partial charge < -0.3 is 15.5 Å². The fourth-order valence-corrected chi connectivity index (χ4v) is 4.38. The zero-order chi connectivity index (χ0) is 23.8. The molecule has 1 aromatic heterocycles. The molecule has 2 aliphatic rings. The number of anilines is 1. The largest absolute Gasteiger partial charge is 0.351 e. The first-order valence-electron chi connectivity index (χ1n) is 11.1. The molecule has 1 atom stereocenters. The average Bonchev–Trinajstić information content (AvgIpc) is 3.02. The van der Waals surface area contributed by atoms with Crippen LogP contribution >= 0.6 is 0 Å². The van der Waals surface area contributed by atoms with Crippen molar-refractivity contribution < 1.29 is 23.2 Å². The van der Waals surface area contributed by atoms with Crippen molar-refractivity contribution in [1.29, 1.82) is 0 Å². The molecule has 0 radical (unpaired) electrons. The zero-order valence-electron chi connectivity index (χ0n) is 18.7. The van der Waals surface area contributed by atoms with Crippen molar-refractivity contribution in [3.05, 3.63) is 47.3 Å². The number of hydrogen-bond donors (Lipinski definition) is 2. The van der Waals surface area contributed by atoms with Crippen LogP contribution in [0.3, 0.4) is 0 Å². The minimum atomic E-state index is -1.18. The summed E-state index contributed by atoms with van der Waals surface area (Å²) in [4.78, 5) is 40.2. The first-order chi connectivity index (χ1) is 15.7. The van der Waals surface area contributed by atoms with Crippen LogP contribution in [-0.2, 0) is 11.3 Å². The predicted molar refractivity (Wildman–Crippen MR) is 117 cm³/mol. The number of amides is 3. The minimum Gasteiger partial charge on any atom is -0.351 e. The third-order valence-electron chi connectivity index (χ3n) is 6.59. The molecule has 1 aliphatic heterocycles. The lowest BCUT2D eigenvalue weighted by Gasteiger charge is -2.41. The molecule has 2 heterocycles. The molecule has 1 aliphatic carbocycles. The lowest BCUT2D eigenvalue weighted by Crippen LogP contribution is -2.63. The van der Waals surface area contributed by atoms with Gasteiger partial charge in [0.25, 0.3) is 11.8 Å². The standard InChI is InChI=1S/C23H27F2N5O3/c1-23(22(33)26-15-7-5-3-4-6-8-15)13-30-19(21(32)29(23)2)12-18(28-30)20(31)27-17-10-9-14(24)11-16(17)25/h9-12,15H,3-8,13H2,1-2H3,(H,26,33)(H,27,31). The molecule has 4 rings (SSSR count). The van der Waals surface area contributed by atoms with Gasteiger partial charge in [-0.15, -0.1) is 0 Å². The van der Waals surface area contributed by atoms with E-state index in [0.29, 0.717) is 6.07 Å². The van der Waals surface area contributed by atoms with Crippen LogP contribution in [-0.4, -0.2) is 51.0 Å². The Morgan fingerprint density at radius 2 is 1.82 bits per heavy atom. The second kappa shape index (κ2) is 8.92. The molecule has 33 heavy (non-hydrogen) atoms. The second-order valence-electron chi connectivity index (χ2n) is 8.95. The van der Waals surface area contributed by atoms with Gasteiger partial charge in [-0.3, -0.25) is 19.1 Å². The number of carbonyl (C=O) groups excluding carboxylic acids is 3. The minimum absolute atomic E-state index is 0.0708. The van der Waals surface area contributed by atoms with Gasteiger partial charge in [0.1, 0.15) is 22.9 Å². The summed E-state index contributed by atoms with van der Waals surface area (Å²) >= 11 is 0. The van der Waals surface area contributed by atoms with Gasteiger partial charge in [-0.1, -0.05) is 25.7 Å². The van der Waals surface area contributed by atoms with Crippen molar-refractivity contribution in [2.24, 2.45) is 0 Å². The molecule has 1 fully saturated rings. The Hall–Kier alpha value is -3.30. The molecule has 0 saturated heterocycles. The second-order valence-corrected chi connectivity index (χ2v) is 8.95. The van der Waals surface area contributed by atoms with E-state index >= 15 is 0 Å². The highest BCUT2D eigenvalue weighted by Crippen LogP contribution is 2.27. The molecule has 0 spiro atoms. The lowest BCUT2D eigenvalue weighted by atomic mass is 9.95. The van der Waals surface area contributed by atoms with E-state index in [4.69, 9.17) is 0 Å². The molecule has 10 heteroatoms. The van der Waals surface area contributed by atoms with Crippen LogP contribution in [0, 0.1) is 11.6 Å². The Morgan fingerprint density at radius 3 is 2.48 bits per heavy atom. The van der Waals surface area contributed by atoms with Crippen molar-refractivity contribution in [2.45, 2.75) is 63.6 Å². The van der Waals surface area contributed by atoms with E-state index in [2.05, 4.69) is 15.7 Å². The van der Waals surface area contributed by atoms with E-state index in [1.807, 2.05) is 0 Å². The van der Waals surface area contributed by atoms with Crippen LogP contribution in [0.1, 0.15) is 66.4 Å². The Morgan fingerprint density at radius 1 is 1.12 bits per heavy atom. The van der Waals surface area contributed by atoms with Crippen LogP contribution in [0.4, 0.5) is 14.5 Å². The maximum absolute atomic E-state index is 13.9. The number of aromatic nitrogens is 2. The normalized spacial score (nSPS) is 21.3. The van der Waals surface area contributed by atoms with Gasteiger partial charge in [0.05, 0.1) is 12.2 Å². The molecule has 0 bridgehead atoms. The van der Waals surface area contributed by atoms with Crippen LogP contribution in [0.5, 0.6) is 0 Å². The molecule has 8 nitrogen and oxygen atoms in total. The average molecular weight is 459 g/mol. The summed E-state index contributed by atoms with van der Waals surface area (Å²) < 4.78 is 28.3. The maximum Gasteiger partial charge on any atom is 0.276 e. The monoisotopic (exact) mass is 459 g/mol. The molecule has 2 aromatic rings. The SMILES string of the molecule is CN1C(=O)c2cc(C(=O)Nc3ccc(F)cc3F)nn2CC1(C)C(=O)NC1CCCCCC1. The van der Waals surface area contributed by atoms with Gasteiger partial charge in [-0.2, -0.15) is 5.10 Å². The topological polar surface area (TPSA) is 96.3 Å². The third-order valence-corrected chi connectivity index (χ3v) is 6.59. The number of hydrogen-bond acceptors (Lipinski definition) is 4. The summed E-state index contributed by atoms with van der Waals surface area (Å²) in [5.74, 6) is -3.14. The highest BCUT2D eigenvalue weighted by atomic mass is 19.1. The van der Waals surface area contributed by atoms with Crippen LogP contribution < -0.4 is 10.6 Å². The van der Waals surface area contributed by atoms with Crippen LogP contribution in [0.2, 0.25) is 0 Å². The number of nitrogens with zero attached hydrogens (tertiary/aromatic N) is 3. The fraction of sp³-hybridized carbons (Fsp3) is 0.478. The summed E-state index contributed by atoms with van der Waals surface area (Å²) in [7, 11) is 1.55. The molecule has 1 unspecified atom stereocenters. The van der Waals surface area contributed by atoms with E-state index < -0.39 is 29.0 Å². The Bertz CT molecular complexity index is 1090. The number of benzene rings is 1. The van der Waals surface area contributed by atoms with Crippen molar-refractivity contribution >= 4 is 23.4 Å². The molecule has 1 saturated carbocycles. The van der Waals surface area contributed by atoms with E-state index in [0.717, 1.165) is 50.7 Å². The maximum atomic E-state index is 13.9. The van der Waals surface area contributed by atoms with Crippen LogP contribution in [0.15, 0.2) is 24.3 Å². The number of carbonyl (C=O) groups is 3. The molecule has 1 aromatic carbocycles.